The molecule has 2 heterocycles. The molecule has 0 unspecified atom stereocenters. The van der Waals surface area contributed by atoms with Crippen LogP contribution in [0, 0.1) is 23.5 Å². The first-order chi connectivity index (χ1) is 15.4. The minimum absolute atomic E-state index is 0.00696. The van der Waals surface area contributed by atoms with Crippen molar-refractivity contribution in [2.24, 2.45) is 11.8 Å². The van der Waals surface area contributed by atoms with Gasteiger partial charge in [0.1, 0.15) is 11.6 Å². The zero-order valence-electron chi connectivity index (χ0n) is 18.3. The molecule has 1 aromatic carbocycles. The van der Waals surface area contributed by atoms with Crippen LogP contribution in [-0.4, -0.2) is 66.0 Å². The standard InChI is InChI=1S/C23H28F2N4O3/c1-3-28(2)23(31)17-13-29(12-14-4-5-14)9-8-19(17)26-22(30)20-11-21(32-27-20)16-7-6-15(24)10-18(16)25/h6-7,10-11,14,17,19H,3-5,8-9,12-13H2,1-2H3,(H,26,30)/t17-,19-/m1/s1. The molecule has 2 aliphatic rings. The quantitative estimate of drug-likeness (QED) is 0.708. The first-order valence-corrected chi connectivity index (χ1v) is 11.1. The van der Waals surface area contributed by atoms with Gasteiger partial charge in [-0.15, -0.1) is 0 Å². The highest BCUT2D eigenvalue weighted by molar-refractivity contribution is 5.94. The van der Waals surface area contributed by atoms with Crippen molar-refractivity contribution in [1.29, 1.82) is 0 Å². The van der Waals surface area contributed by atoms with Gasteiger partial charge in [-0.2, -0.15) is 0 Å². The molecule has 1 aliphatic heterocycles. The summed E-state index contributed by atoms with van der Waals surface area (Å²) < 4.78 is 32.3. The molecule has 172 valence electrons. The summed E-state index contributed by atoms with van der Waals surface area (Å²) in [6.45, 7) is 4.92. The molecule has 7 nitrogen and oxygen atoms in total. The maximum absolute atomic E-state index is 14.0. The predicted molar refractivity (Wildman–Crippen MR) is 114 cm³/mol. The number of amides is 2. The number of hydrogen-bond donors (Lipinski definition) is 1. The molecule has 1 saturated heterocycles. The second-order valence-corrected chi connectivity index (χ2v) is 8.73. The van der Waals surface area contributed by atoms with E-state index in [1.807, 2.05) is 6.92 Å². The summed E-state index contributed by atoms with van der Waals surface area (Å²) in [5, 5.41) is 6.69. The summed E-state index contributed by atoms with van der Waals surface area (Å²) in [4.78, 5) is 29.8. The third-order valence-electron chi connectivity index (χ3n) is 6.33. The SMILES string of the molecule is CCN(C)C(=O)[C@@H]1CN(CC2CC2)CC[C@H]1NC(=O)c1cc(-c2ccc(F)cc2F)on1. The number of carbonyl (C=O) groups excluding carboxylic acids is 2. The lowest BCUT2D eigenvalue weighted by Gasteiger charge is -2.39. The Morgan fingerprint density at radius 3 is 2.72 bits per heavy atom. The highest BCUT2D eigenvalue weighted by atomic mass is 19.1. The molecule has 9 heteroatoms. The highest BCUT2D eigenvalue weighted by Gasteiger charge is 2.38. The summed E-state index contributed by atoms with van der Waals surface area (Å²) in [5.74, 6) is -1.58. The van der Waals surface area contributed by atoms with E-state index in [0.717, 1.165) is 31.1 Å². The number of hydrogen-bond acceptors (Lipinski definition) is 5. The Labute approximate surface area is 185 Å². The highest BCUT2D eigenvalue weighted by Crippen LogP contribution is 2.32. The first-order valence-electron chi connectivity index (χ1n) is 11.1. The van der Waals surface area contributed by atoms with E-state index in [4.69, 9.17) is 4.52 Å². The number of aromatic nitrogens is 1. The maximum Gasteiger partial charge on any atom is 0.273 e. The molecule has 1 saturated carbocycles. The Bertz CT molecular complexity index is 991. The Morgan fingerprint density at radius 2 is 2.03 bits per heavy atom. The second-order valence-electron chi connectivity index (χ2n) is 8.73. The van der Waals surface area contributed by atoms with Gasteiger partial charge in [0.05, 0.1) is 11.5 Å². The van der Waals surface area contributed by atoms with Gasteiger partial charge in [0, 0.05) is 51.4 Å². The van der Waals surface area contributed by atoms with Crippen LogP contribution in [0.4, 0.5) is 8.78 Å². The summed E-state index contributed by atoms with van der Waals surface area (Å²) >= 11 is 0. The van der Waals surface area contributed by atoms with Crippen LogP contribution in [0.25, 0.3) is 11.3 Å². The van der Waals surface area contributed by atoms with Crippen LogP contribution >= 0.6 is 0 Å². The van der Waals surface area contributed by atoms with Crippen molar-refractivity contribution in [1.82, 2.24) is 20.3 Å². The molecule has 1 aromatic heterocycles. The molecular weight excluding hydrogens is 418 g/mol. The first kappa shape index (κ1) is 22.4. The van der Waals surface area contributed by atoms with E-state index in [0.29, 0.717) is 19.5 Å². The molecule has 0 spiro atoms. The van der Waals surface area contributed by atoms with Gasteiger partial charge in [-0.3, -0.25) is 9.59 Å². The number of nitrogens with zero attached hydrogens (tertiary/aromatic N) is 3. The minimum Gasteiger partial charge on any atom is -0.355 e. The summed E-state index contributed by atoms with van der Waals surface area (Å²) in [6, 6.07) is 4.08. The number of carbonyl (C=O) groups is 2. The fourth-order valence-corrected chi connectivity index (χ4v) is 4.15. The lowest BCUT2D eigenvalue weighted by Crippen LogP contribution is -2.56. The molecule has 0 bridgehead atoms. The second kappa shape index (κ2) is 9.36. The lowest BCUT2D eigenvalue weighted by atomic mass is 9.90. The zero-order valence-corrected chi connectivity index (χ0v) is 18.3. The van der Waals surface area contributed by atoms with Crippen LogP contribution in [0.5, 0.6) is 0 Å². The summed E-state index contributed by atoms with van der Waals surface area (Å²) in [5.41, 5.74) is 0.00291. The van der Waals surface area contributed by atoms with Crippen LogP contribution < -0.4 is 5.32 Å². The largest absolute Gasteiger partial charge is 0.355 e. The van der Waals surface area contributed by atoms with E-state index < -0.39 is 17.5 Å². The fourth-order valence-electron chi connectivity index (χ4n) is 4.15. The Morgan fingerprint density at radius 1 is 1.25 bits per heavy atom. The molecule has 2 amide bonds. The number of piperidine rings is 1. The Kier molecular flexibility index (Phi) is 6.55. The molecular formula is C23H28F2N4O3. The van der Waals surface area contributed by atoms with E-state index in [-0.39, 0.29) is 34.9 Å². The number of likely N-dealkylation sites (tertiary alicyclic amines) is 1. The fraction of sp³-hybridized carbons (Fsp3) is 0.522. The van der Waals surface area contributed by atoms with Crippen LogP contribution in [0.3, 0.4) is 0 Å². The van der Waals surface area contributed by atoms with Gasteiger partial charge in [-0.1, -0.05) is 5.16 Å². The van der Waals surface area contributed by atoms with Crippen molar-refractivity contribution in [3.05, 3.63) is 41.6 Å². The summed E-state index contributed by atoms with van der Waals surface area (Å²) in [6.07, 6.45) is 3.14. The van der Waals surface area contributed by atoms with Gasteiger partial charge >= 0.3 is 0 Å². The number of halogens is 2. The smallest absolute Gasteiger partial charge is 0.273 e. The molecule has 0 radical (unpaired) electrons. The van der Waals surface area contributed by atoms with Crippen LogP contribution in [0.2, 0.25) is 0 Å². The number of benzene rings is 1. The zero-order chi connectivity index (χ0) is 22.8. The summed E-state index contributed by atoms with van der Waals surface area (Å²) in [7, 11) is 1.77. The lowest BCUT2D eigenvalue weighted by molar-refractivity contribution is -0.136. The van der Waals surface area contributed by atoms with Crippen molar-refractivity contribution in [3.8, 4) is 11.3 Å². The minimum atomic E-state index is -0.801. The normalized spacial score (nSPS) is 21.4. The Hall–Kier alpha value is -2.81. The van der Waals surface area contributed by atoms with Crippen molar-refractivity contribution in [2.45, 2.75) is 32.2 Å². The topological polar surface area (TPSA) is 78.7 Å². The maximum atomic E-state index is 14.0. The molecule has 1 N–H and O–H groups in total. The average Bonchev–Trinajstić information content (AvgIpc) is 3.45. The van der Waals surface area contributed by atoms with Gasteiger partial charge in [0.2, 0.25) is 5.91 Å². The van der Waals surface area contributed by atoms with Crippen molar-refractivity contribution in [2.75, 3.05) is 33.2 Å². The van der Waals surface area contributed by atoms with E-state index in [1.54, 1.807) is 11.9 Å². The van der Waals surface area contributed by atoms with Gasteiger partial charge < -0.3 is 19.6 Å². The van der Waals surface area contributed by atoms with Crippen molar-refractivity contribution < 1.29 is 22.9 Å². The third kappa shape index (κ3) is 4.98. The Balaban J connectivity index is 1.46. The van der Waals surface area contributed by atoms with E-state index >= 15 is 0 Å². The van der Waals surface area contributed by atoms with Crippen molar-refractivity contribution in [3.63, 3.8) is 0 Å². The average molecular weight is 446 g/mol. The van der Waals surface area contributed by atoms with Crippen LogP contribution in [0.1, 0.15) is 36.7 Å². The van der Waals surface area contributed by atoms with Crippen LogP contribution in [0.15, 0.2) is 28.8 Å². The number of rotatable bonds is 7. The molecule has 2 fully saturated rings. The van der Waals surface area contributed by atoms with Gasteiger partial charge in [0.25, 0.3) is 5.91 Å². The molecule has 4 rings (SSSR count). The molecule has 1 aliphatic carbocycles. The van der Waals surface area contributed by atoms with Crippen LogP contribution in [-0.2, 0) is 4.79 Å². The molecule has 2 aromatic rings. The third-order valence-corrected chi connectivity index (χ3v) is 6.33. The van der Waals surface area contributed by atoms with E-state index in [2.05, 4.69) is 15.4 Å². The molecule has 2 atom stereocenters. The van der Waals surface area contributed by atoms with Gasteiger partial charge in [-0.25, -0.2) is 8.78 Å². The molecule has 32 heavy (non-hydrogen) atoms. The van der Waals surface area contributed by atoms with Gasteiger partial charge in [0.15, 0.2) is 11.5 Å². The number of nitrogens with one attached hydrogen (secondary N) is 1. The van der Waals surface area contributed by atoms with Crippen molar-refractivity contribution >= 4 is 11.8 Å². The van der Waals surface area contributed by atoms with E-state index in [9.17, 15) is 18.4 Å². The van der Waals surface area contributed by atoms with E-state index in [1.165, 1.54) is 25.0 Å². The van der Waals surface area contributed by atoms with Gasteiger partial charge in [-0.05, 0) is 44.2 Å². The monoisotopic (exact) mass is 446 g/mol. The predicted octanol–water partition coefficient (Wildman–Crippen LogP) is 2.93.